The highest BCUT2D eigenvalue weighted by Crippen LogP contribution is 2.30. The Morgan fingerprint density at radius 1 is 0.967 bits per heavy atom. The Morgan fingerprint density at radius 2 is 1.57 bits per heavy atom. The molecule has 0 spiro atoms. The van der Waals surface area contributed by atoms with Crippen molar-refractivity contribution in [3.63, 3.8) is 0 Å². The second kappa shape index (κ2) is 9.32. The number of nitrogens with one attached hydrogen (secondary N) is 1. The molecule has 1 N–H and O–H groups in total. The second-order valence-corrected chi connectivity index (χ2v) is 9.34. The molecule has 1 amide bonds. The predicted octanol–water partition coefficient (Wildman–Crippen LogP) is 4.87. The van der Waals surface area contributed by atoms with Crippen molar-refractivity contribution in [2.75, 3.05) is 4.31 Å². The zero-order chi connectivity index (χ0) is 21.7. The van der Waals surface area contributed by atoms with Gasteiger partial charge in [-0.3, -0.25) is 9.10 Å². The number of hydrogen-bond acceptors (Lipinski definition) is 3. The van der Waals surface area contributed by atoms with E-state index in [0.29, 0.717) is 5.69 Å². The van der Waals surface area contributed by atoms with Crippen LogP contribution < -0.4 is 9.62 Å². The summed E-state index contributed by atoms with van der Waals surface area (Å²) in [6.07, 6.45) is 0. The van der Waals surface area contributed by atoms with E-state index in [4.69, 9.17) is 11.6 Å². The van der Waals surface area contributed by atoms with Crippen LogP contribution in [-0.4, -0.2) is 20.4 Å². The average molecular weight is 443 g/mol. The summed E-state index contributed by atoms with van der Waals surface area (Å²) in [5.41, 5.74) is 1.57. The fourth-order valence-electron chi connectivity index (χ4n) is 2.97. The molecule has 3 rings (SSSR count). The molecule has 5 nitrogen and oxygen atoms in total. The summed E-state index contributed by atoms with van der Waals surface area (Å²) < 4.78 is 28.6. The highest BCUT2D eigenvalue weighted by molar-refractivity contribution is 7.93. The van der Waals surface area contributed by atoms with E-state index < -0.39 is 10.0 Å². The third-order valence-electron chi connectivity index (χ3n) is 4.39. The number of hydrogen-bond donors (Lipinski definition) is 1. The summed E-state index contributed by atoms with van der Waals surface area (Å²) in [6.45, 7) is 3.80. The molecular formula is C23H23ClN2O3S. The summed E-state index contributed by atoms with van der Waals surface area (Å²) in [4.78, 5) is 12.3. The monoisotopic (exact) mass is 442 g/mol. The van der Waals surface area contributed by atoms with Gasteiger partial charge in [-0.1, -0.05) is 60.1 Å². The molecule has 0 atom stereocenters. The summed E-state index contributed by atoms with van der Waals surface area (Å²) in [6, 6.07) is 22.3. The van der Waals surface area contributed by atoms with Gasteiger partial charge in [-0.25, -0.2) is 8.42 Å². The molecule has 156 valence electrons. The minimum Gasteiger partial charge on any atom is -0.350 e. The molecule has 0 unspecified atom stereocenters. The van der Waals surface area contributed by atoms with Crippen LogP contribution in [0.3, 0.4) is 0 Å². The molecule has 0 aliphatic carbocycles. The zero-order valence-electron chi connectivity index (χ0n) is 16.7. The van der Waals surface area contributed by atoms with Crippen molar-refractivity contribution in [3.8, 4) is 0 Å². The molecule has 3 aromatic rings. The average Bonchev–Trinajstić information content (AvgIpc) is 2.73. The Labute approximate surface area is 182 Å². The van der Waals surface area contributed by atoms with Crippen LogP contribution in [0.2, 0.25) is 5.02 Å². The summed E-state index contributed by atoms with van der Waals surface area (Å²) in [5.74, 6) is -0.354. The number of anilines is 1. The van der Waals surface area contributed by atoms with Crippen LogP contribution >= 0.6 is 11.6 Å². The third kappa shape index (κ3) is 5.01. The first-order chi connectivity index (χ1) is 14.3. The van der Waals surface area contributed by atoms with Gasteiger partial charge in [-0.2, -0.15) is 0 Å². The highest BCUT2D eigenvalue weighted by Gasteiger charge is 2.28. The van der Waals surface area contributed by atoms with E-state index in [1.54, 1.807) is 24.3 Å². The highest BCUT2D eigenvalue weighted by atomic mass is 35.5. The Bertz CT molecular complexity index is 1120. The number of carbonyl (C=O) groups is 1. The van der Waals surface area contributed by atoms with Gasteiger partial charge in [-0.05, 0) is 49.7 Å². The van der Waals surface area contributed by atoms with E-state index in [1.165, 1.54) is 22.5 Å². The van der Waals surface area contributed by atoms with Gasteiger partial charge in [0.1, 0.15) is 4.90 Å². The molecule has 0 aromatic heterocycles. The largest absolute Gasteiger partial charge is 0.350 e. The molecule has 3 aromatic carbocycles. The topological polar surface area (TPSA) is 66.5 Å². The van der Waals surface area contributed by atoms with Crippen molar-refractivity contribution in [1.29, 1.82) is 0 Å². The quantitative estimate of drug-likeness (QED) is 0.567. The first kappa shape index (κ1) is 21.9. The van der Waals surface area contributed by atoms with Crippen LogP contribution in [-0.2, 0) is 16.6 Å². The van der Waals surface area contributed by atoms with Gasteiger partial charge < -0.3 is 5.32 Å². The maximum atomic E-state index is 13.7. The minimum atomic E-state index is -4.05. The molecule has 7 heteroatoms. The molecular weight excluding hydrogens is 420 g/mol. The number of sulfonamides is 1. The van der Waals surface area contributed by atoms with Crippen LogP contribution in [0, 0.1) is 0 Å². The SMILES string of the molecule is CC(C)NC(=O)c1ccc(Cl)c(S(=O)(=O)N(Cc2ccccc2)c2ccccc2)c1. The number of benzene rings is 3. The first-order valence-corrected chi connectivity index (χ1v) is 11.3. The van der Waals surface area contributed by atoms with E-state index in [1.807, 2.05) is 50.2 Å². The number of para-hydroxylation sites is 1. The molecule has 0 heterocycles. The van der Waals surface area contributed by atoms with Crippen molar-refractivity contribution in [3.05, 3.63) is 95.0 Å². The van der Waals surface area contributed by atoms with Gasteiger partial charge in [0.05, 0.1) is 17.3 Å². The predicted molar refractivity (Wildman–Crippen MR) is 120 cm³/mol. The number of halogens is 1. The Kier molecular flexibility index (Phi) is 6.80. The van der Waals surface area contributed by atoms with E-state index in [0.717, 1.165) is 5.56 Å². The van der Waals surface area contributed by atoms with Crippen molar-refractivity contribution >= 4 is 33.2 Å². The number of rotatable bonds is 7. The number of amides is 1. The zero-order valence-corrected chi connectivity index (χ0v) is 18.3. The van der Waals surface area contributed by atoms with Crippen LogP contribution in [0.5, 0.6) is 0 Å². The lowest BCUT2D eigenvalue weighted by Gasteiger charge is -2.25. The molecule has 30 heavy (non-hydrogen) atoms. The lowest BCUT2D eigenvalue weighted by molar-refractivity contribution is 0.0943. The molecule has 0 fully saturated rings. The maximum absolute atomic E-state index is 13.7. The lowest BCUT2D eigenvalue weighted by Crippen LogP contribution is -2.32. The Balaban J connectivity index is 2.08. The lowest BCUT2D eigenvalue weighted by atomic mass is 10.2. The van der Waals surface area contributed by atoms with Gasteiger partial charge >= 0.3 is 0 Å². The standard InChI is InChI=1S/C23H23ClN2O3S/c1-17(2)25-23(27)19-13-14-21(24)22(15-19)30(28,29)26(20-11-7-4-8-12-20)16-18-9-5-3-6-10-18/h3-15,17H,16H2,1-2H3,(H,25,27). The Hall–Kier alpha value is -2.83. The van der Waals surface area contributed by atoms with Crippen molar-refractivity contribution in [2.45, 2.75) is 31.3 Å². The smallest absolute Gasteiger partial charge is 0.266 e. The van der Waals surface area contributed by atoms with Gasteiger partial charge in [0.25, 0.3) is 15.9 Å². The van der Waals surface area contributed by atoms with Crippen molar-refractivity contribution in [1.82, 2.24) is 5.32 Å². The fourth-order valence-corrected chi connectivity index (χ4v) is 4.92. The van der Waals surface area contributed by atoms with Gasteiger partial charge in [0.2, 0.25) is 0 Å². The second-order valence-electron chi connectivity index (χ2n) is 7.11. The molecule has 0 aliphatic rings. The van der Waals surface area contributed by atoms with Crippen LogP contribution in [0.25, 0.3) is 0 Å². The van der Waals surface area contributed by atoms with Gasteiger partial charge in [0.15, 0.2) is 0 Å². The molecule has 0 bridgehead atoms. The normalized spacial score (nSPS) is 11.3. The van der Waals surface area contributed by atoms with E-state index in [9.17, 15) is 13.2 Å². The Morgan fingerprint density at radius 3 is 2.17 bits per heavy atom. The van der Waals surface area contributed by atoms with Crippen molar-refractivity contribution < 1.29 is 13.2 Å². The number of nitrogens with zero attached hydrogens (tertiary/aromatic N) is 1. The summed E-state index contributed by atoms with van der Waals surface area (Å²) in [5, 5.41) is 2.83. The fraction of sp³-hybridized carbons (Fsp3) is 0.174. The van der Waals surface area contributed by atoms with E-state index >= 15 is 0 Å². The molecule has 0 radical (unpaired) electrons. The maximum Gasteiger partial charge on any atom is 0.266 e. The molecule has 0 aliphatic heterocycles. The summed E-state index contributed by atoms with van der Waals surface area (Å²) in [7, 11) is -4.05. The van der Waals surface area contributed by atoms with Crippen LogP contribution in [0.15, 0.2) is 83.8 Å². The van der Waals surface area contributed by atoms with Crippen LogP contribution in [0.1, 0.15) is 29.8 Å². The van der Waals surface area contributed by atoms with Crippen LogP contribution in [0.4, 0.5) is 5.69 Å². The first-order valence-electron chi connectivity index (χ1n) is 9.51. The third-order valence-corrected chi connectivity index (χ3v) is 6.65. The minimum absolute atomic E-state index is 0.0603. The summed E-state index contributed by atoms with van der Waals surface area (Å²) >= 11 is 6.29. The molecule has 0 saturated heterocycles. The molecule has 0 saturated carbocycles. The van der Waals surface area contributed by atoms with E-state index in [2.05, 4.69) is 5.32 Å². The number of carbonyl (C=O) groups excluding carboxylic acids is 1. The van der Waals surface area contributed by atoms with Gasteiger partial charge in [0, 0.05) is 11.6 Å². The van der Waals surface area contributed by atoms with Gasteiger partial charge in [-0.15, -0.1) is 0 Å². The van der Waals surface area contributed by atoms with Crippen molar-refractivity contribution in [2.24, 2.45) is 0 Å². The van der Waals surface area contributed by atoms with E-state index in [-0.39, 0.29) is 34.0 Å².